The van der Waals surface area contributed by atoms with E-state index in [0.29, 0.717) is 28.6 Å². The molecule has 0 saturated heterocycles. The molecule has 1 aliphatic heterocycles. The van der Waals surface area contributed by atoms with E-state index >= 15 is 0 Å². The van der Waals surface area contributed by atoms with Crippen molar-refractivity contribution in [3.05, 3.63) is 93.9 Å². The molecular formula is C29H30Cl2O5S. The quantitative estimate of drug-likeness (QED) is 0.316. The summed E-state index contributed by atoms with van der Waals surface area (Å²) in [7, 11) is -0.644. The zero-order chi connectivity index (χ0) is 26.7. The summed E-state index contributed by atoms with van der Waals surface area (Å²) in [5.41, 5.74) is 3.78. The van der Waals surface area contributed by atoms with Gasteiger partial charge in [-0.1, -0.05) is 48.0 Å². The Kier molecular flexibility index (Phi) is 8.42. The third kappa shape index (κ3) is 5.20. The SMILES string of the molecule is COc1cc2c(cc1OC)[C@H]1C(S(=O)(=O)c3ccc(C)cc3)=C(c3ccccc3)O[C@H](C)[C@H]1C2.ClCCl. The monoisotopic (exact) mass is 560 g/mol. The Hall–Kier alpha value is -2.67. The first-order valence-corrected chi connectivity index (χ1v) is 14.5. The number of hydrogen-bond donors (Lipinski definition) is 0. The fourth-order valence-corrected chi connectivity index (χ4v) is 6.98. The van der Waals surface area contributed by atoms with Crippen LogP contribution in [-0.4, -0.2) is 34.1 Å². The molecule has 3 atom stereocenters. The van der Waals surface area contributed by atoms with E-state index in [4.69, 9.17) is 37.4 Å². The molecule has 5 rings (SSSR count). The first kappa shape index (κ1) is 27.4. The molecule has 196 valence electrons. The van der Waals surface area contributed by atoms with Gasteiger partial charge in [0.2, 0.25) is 9.84 Å². The number of alkyl halides is 2. The highest BCUT2D eigenvalue weighted by molar-refractivity contribution is 7.95. The van der Waals surface area contributed by atoms with Crippen molar-refractivity contribution in [2.75, 3.05) is 19.6 Å². The van der Waals surface area contributed by atoms with Crippen LogP contribution in [0, 0.1) is 12.8 Å². The second kappa shape index (κ2) is 11.4. The van der Waals surface area contributed by atoms with Gasteiger partial charge in [-0.25, -0.2) is 8.42 Å². The minimum atomic E-state index is -3.85. The second-order valence-electron chi connectivity index (χ2n) is 9.05. The molecule has 8 heteroatoms. The Bertz CT molecular complexity index is 1390. The number of aryl methyl sites for hydroxylation is 1. The maximum absolute atomic E-state index is 14.2. The topological polar surface area (TPSA) is 61.8 Å². The van der Waals surface area contributed by atoms with Crippen LogP contribution in [0.2, 0.25) is 0 Å². The normalized spacial score (nSPS) is 20.2. The summed E-state index contributed by atoms with van der Waals surface area (Å²) in [5.74, 6) is 1.30. The molecule has 0 N–H and O–H groups in total. The van der Waals surface area contributed by atoms with Gasteiger partial charge in [-0.15, -0.1) is 23.2 Å². The second-order valence-corrected chi connectivity index (χ2v) is 11.8. The lowest BCUT2D eigenvalue weighted by molar-refractivity contribution is 0.101. The van der Waals surface area contributed by atoms with E-state index in [9.17, 15) is 8.42 Å². The molecule has 0 fully saturated rings. The molecule has 0 unspecified atom stereocenters. The molecule has 37 heavy (non-hydrogen) atoms. The predicted molar refractivity (Wildman–Crippen MR) is 148 cm³/mol. The molecule has 0 saturated carbocycles. The van der Waals surface area contributed by atoms with Crippen molar-refractivity contribution in [1.29, 1.82) is 0 Å². The molecule has 1 heterocycles. The molecule has 5 nitrogen and oxygen atoms in total. The summed E-state index contributed by atoms with van der Waals surface area (Å²) in [6.07, 6.45) is 0.540. The molecular weight excluding hydrogens is 531 g/mol. The van der Waals surface area contributed by atoms with Crippen LogP contribution in [0.25, 0.3) is 5.76 Å². The number of sulfone groups is 1. The van der Waals surface area contributed by atoms with Crippen LogP contribution >= 0.6 is 23.2 Å². The van der Waals surface area contributed by atoms with Crippen molar-refractivity contribution < 1.29 is 22.6 Å². The molecule has 2 aliphatic rings. The average molecular weight is 562 g/mol. The summed E-state index contributed by atoms with van der Waals surface area (Å²) in [6.45, 7) is 3.97. The van der Waals surface area contributed by atoms with E-state index in [1.165, 1.54) is 0 Å². The molecule has 3 aromatic carbocycles. The highest BCUT2D eigenvalue weighted by Gasteiger charge is 2.49. The van der Waals surface area contributed by atoms with Gasteiger partial charge in [0.25, 0.3) is 0 Å². The van der Waals surface area contributed by atoms with Crippen LogP contribution in [-0.2, 0) is 21.0 Å². The number of ether oxygens (including phenoxy) is 3. The number of halogens is 2. The van der Waals surface area contributed by atoms with Gasteiger partial charge in [-0.05, 0) is 55.7 Å². The zero-order valence-corrected chi connectivity index (χ0v) is 23.5. The maximum Gasteiger partial charge on any atom is 0.207 e. The Morgan fingerprint density at radius 2 is 1.54 bits per heavy atom. The molecule has 0 aromatic heterocycles. The number of methoxy groups -OCH3 is 2. The van der Waals surface area contributed by atoms with Crippen molar-refractivity contribution in [2.45, 2.75) is 37.2 Å². The number of rotatable bonds is 5. The Morgan fingerprint density at radius 3 is 2.14 bits per heavy atom. The van der Waals surface area contributed by atoms with Gasteiger partial charge in [0.1, 0.15) is 11.9 Å². The first-order chi connectivity index (χ1) is 17.8. The van der Waals surface area contributed by atoms with Crippen LogP contribution in [0.15, 0.2) is 76.5 Å². The van der Waals surface area contributed by atoms with E-state index in [1.54, 1.807) is 26.4 Å². The van der Waals surface area contributed by atoms with E-state index in [0.717, 1.165) is 22.3 Å². The smallest absolute Gasteiger partial charge is 0.207 e. The summed E-state index contributed by atoms with van der Waals surface area (Å²) in [4.78, 5) is 0.587. The lowest BCUT2D eigenvalue weighted by Crippen LogP contribution is -2.33. The van der Waals surface area contributed by atoms with Crippen LogP contribution < -0.4 is 9.47 Å². The summed E-state index contributed by atoms with van der Waals surface area (Å²) in [6, 6.07) is 20.4. The van der Waals surface area contributed by atoms with Gasteiger partial charge in [0.05, 0.1) is 29.4 Å². The molecule has 0 spiro atoms. The minimum Gasteiger partial charge on any atom is -0.493 e. The van der Waals surface area contributed by atoms with E-state index in [2.05, 4.69) is 0 Å². The fourth-order valence-electron chi connectivity index (χ4n) is 5.18. The van der Waals surface area contributed by atoms with E-state index in [-0.39, 0.29) is 28.2 Å². The number of fused-ring (bicyclic) bond motifs is 3. The molecule has 0 bridgehead atoms. The van der Waals surface area contributed by atoms with Gasteiger partial charge in [0, 0.05) is 17.4 Å². The van der Waals surface area contributed by atoms with Crippen molar-refractivity contribution in [3.8, 4) is 11.5 Å². The zero-order valence-electron chi connectivity index (χ0n) is 21.2. The van der Waals surface area contributed by atoms with Crippen LogP contribution in [0.3, 0.4) is 0 Å². The molecule has 0 radical (unpaired) electrons. The highest BCUT2D eigenvalue weighted by Crippen LogP contribution is 2.55. The highest BCUT2D eigenvalue weighted by atomic mass is 35.5. The summed E-state index contributed by atoms with van der Waals surface area (Å²) < 4.78 is 46.0. The van der Waals surface area contributed by atoms with Crippen molar-refractivity contribution >= 4 is 38.8 Å². The van der Waals surface area contributed by atoms with E-state index in [1.807, 2.05) is 68.4 Å². The summed E-state index contributed by atoms with van der Waals surface area (Å²) >= 11 is 9.53. The Morgan fingerprint density at radius 1 is 0.946 bits per heavy atom. The van der Waals surface area contributed by atoms with Gasteiger partial charge in [-0.3, -0.25) is 0 Å². The lowest BCUT2D eigenvalue weighted by Gasteiger charge is -2.36. The molecule has 3 aromatic rings. The van der Waals surface area contributed by atoms with Gasteiger partial charge >= 0.3 is 0 Å². The molecule has 0 amide bonds. The summed E-state index contributed by atoms with van der Waals surface area (Å²) in [5, 5.41) is 0.194. The number of allylic oxidation sites excluding steroid dienone is 1. The number of benzene rings is 3. The van der Waals surface area contributed by atoms with Crippen LogP contribution in [0.1, 0.15) is 35.1 Å². The first-order valence-electron chi connectivity index (χ1n) is 11.9. The third-order valence-corrected chi connectivity index (χ3v) is 8.85. The average Bonchev–Trinajstić information content (AvgIpc) is 3.27. The van der Waals surface area contributed by atoms with Crippen molar-refractivity contribution in [3.63, 3.8) is 0 Å². The standard InChI is InChI=1S/C28H28O5S.CH2Cl2/c1-17-10-12-21(13-11-17)34(29,30)28-26-22(18(2)33-27(28)19-8-6-5-7-9-19)14-20-15-24(31-3)25(32-4)16-23(20)26;2-1-3/h5-13,15-16,18,22,26H,14H2,1-4H3;1H2/t18-,22-,26+;/m1./s1. The van der Waals surface area contributed by atoms with Crippen molar-refractivity contribution in [2.24, 2.45) is 5.92 Å². The van der Waals surface area contributed by atoms with Crippen molar-refractivity contribution in [1.82, 2.24) is 0 Å². The van der Waals surface area contributed by atoms with E-state index < -0.39 is 9.84 Å². The fraction of sp³-hybridized carbons (Fsp3) is 0.310. The Balaban J connectivity index is 0.00000102. The van der Waals surface area contributed by atoms with Gasteiger partial charge in [-0.2, -0.15) is 0 Å². The largest absolute Gasteiger partial charge is 0.493 e. The van der Waals surface area contributed by atoms with Crippen LogP contribution in [0.5, 0.6) is 11.5 Å². The lowest BCUT2D eigenvalue weighted by atomic mass is 9.85. The number of hydrogen-bond acceptors (Lipinski definition) is 5. The third-order valence-electron chi connectivity index (χ3n) is 6.93. The van der Waals surface area contributed by atoms with Gasteiger partial charge in [0.15, 0.2) is 11.5 Å². The maximum atomic E-state index is 14.2. The van der Waals surface area contributed by atoms with Crippen LogP contribution in [0.4, 0.5) is 0 Å². The predicted octanol–water partition coefficient (Wildman–Crippen LogP) is 6.95. The van der Waals surface area contributed by atoms with Gasteiger partial charge < -0.3 is 14.2 Å². The molecule has 1 aliphatic carbocycles. The Labute approximate surface area is 228 Å². The minimum absolute atomic E-state index is 0.0190.